The molecular weight excluding hydrogens is 220 g/mol. The van der Waals surface area contributed by atoms with Crippen molar-refractivity contribution in [2.45, 2.75) is 25.8 Å². The highest BCUT2D eigenvalue weighted by atomic mass is 32.2. The maximum absolute atomic E-state index is 11.0. The molecule has 0 spiro atoms. The fourth-order valence-corrected chi connectivity index (χ4v) is 3.63. The van der Waals surface area contributed by atoms with Gasteiger partial charge in [-0.3, -0.25) is 14.6 Å². The van der Waals surface area contributed by atoms with Crippen LogP contribution >= 0.6 is 11.8 Å². The number of rotatable bonds is 3. The van der Waals surface area contributed by atoms with Gasteiger partial charge in [-0.25, -0.2) is 0 Å². The highest BCUT2D eigenvalue weighted by molar-refractivity contribution is 7.99. The average Bonchev–Trinajstić information content (AvgIpc) is 2.30. The normalized spacial score (nSPS) is 25.8. The van der Waals surface area contributed by atoms with E-state index in [-0.39, 0.29) is 0 Å². The third-order valence-electron chi connectivity index (χ3n) is 3.57. The summed E-state index contributed by atoms with van der Waals surface area (Å²) in [6.07, 6.45) is 2.50. The van der Waals surface area contributed by atoms with Crippen molar-refractivity contribution in [1.29, 1.82) is 0 Å². The van der Waals surface area contributed by atoms with E-state index in [1.165, 1.54) is 37.4 Å². The fraction of sp³-hybridized carbons (Fsp3) is 0.917. The smallest absolute Gasteiger partial charge is 0.143 e. The molecule has 16 heavy (non-hydrogen) atoms. The van der Waals surface area contributed by atoms with Gasteiger partial charge in [0.05, 0.1) is 6.54 Å². The number of likely N-dealkylation sites (tertiary alicyclic amines) is 1. The molecule has 0 saturated carbocycles. The lowest BCUT2D eigenvalue weighted by atomic mass is 10.0. The topological polar surface area (TPSA) is 23.6 Å². The monoisotopic (exact) mass is 242 g/mol. The molecule has 0 N–H and O–H groups in total. The summed E-state index contributed by atoms with van der Waals surface area (Å²) in [5, 5.41) is 0. The van der Waals surface area contributed by atoms with E-state index < -0.39 is 0 Å². The van der Waals surface area contributed by atoms with Crippen LogP contribution in [0.4, 0.5) is 0 Å². The van der Waals surface area contributed by atoms with Crippen molar-refractivity contribution in [2.75, 3.05) is 44.2 Å². The quantitative estimate of drug-likeness (QED) is 0.739. The first-order chi connectivity index (χ1) is 7.75. The van der Waals surface area contributed by atoms with Crippen molar-refractivity contribution < 1.29 is 4.79 Å². The summed E-state index contributed by atoms with van der Waals surface area (Å²) in [5.74, 6) is 2.90. The van der Waals surface area contributed by atoms with Gasteiger partial charge in [0, 0.05) is 43.7 Å². The van der Waals surface area contributed by atoms with Crippen molar-refractivity contribution in [3.05, 3.63) is 0 Å². The molecule has 0 atom stereocenters. The summed E-state index contributed by atoms with van der Waals surface area (Å²) >= 11 is 2.07. The Morgan fingerprint density at radius 3 is 2.38 bits per heavy atom. The summed E-state index contributed by atoms with van der Waals surface area (Å²) in [7, 11) is 0. The van der Waals surface area contributed by atoms with Gasteiger partial charge < -0.3 is 0 Å². The second-order valence-corrected chi connectivity index (χ2v) is 6.08. The van der Waals surface area contributed by atoms with Gasteiger partial charge in [-0.15, -0.1) is 0 Å². The van der Waals surface area contributed by atoms with E-state index in [1.807, 2.05) is 0 Å². The van der Waals surface area contributed by atoms with Gasteiger partial charge in [-0.05, 0) is 19.8 Å². The number of carbonyl (C=O) groups is 1. The zero-order valence-electron chi connectivity index (χ0n) is 10.2. The van der Waals surface area contributed by atoms with Gasteiger partial charge >= 0.3 is 0 Å². The molecule has 0 aromatic rings. The molecule has 0 amide bonds. The van der Waals surface area contributed by atoms with Crippen LogP contribution in [0.25, 0.3) is 0 Å². The molecule has 0 radical (unpaired) electrons. The molecule has 0 unspecified atom stereocenters. The minimum Gasteiger partial charge on any atom is -0.299 e. The molecule has 2 fully saturated rings. The summed E-state index contributed by atoms with van der Waals surface area (Å²) in [6.45, 7) is 7.09. The predicted octanol–water partition coefficient (Wildman–Crippen LogP) is 1.09. The van der Waals surface area contributed by atoms with Crippen LogP contribution in [0.3, 0.4) is 0 Å². The van der Waals surface area contributed by atoms with Crippen LogP contribution in [0.1, 0.15) is 19.8 Å². The van der Waals surface area contributed by atoms with Gasteiger partial charge in [-0.1, -0.05) is 0 Å². The third kappa shape index (κ3) is 3.47. The zero-order valence-corrected chi connectivity index (χ0v) is 11.0. The minimum atomic E-state index is 0.299. The molecule has 0 aliphatic carbocycles. The van der Waals surface area contributed by atoms with Crippen molar-refractivity contribution >= 4 is 17.5 Å². The minimum absolute atomic E-state index is 0.299. The number of thioether (sulfide) groups is 1. The Balaban J connectivity index is 1.73. The second-order valence-electron chi connectivity index (χ2n) is 4.86. The number of nitrogens with zero attached hydrogens (tertiary/aromatic N) is 2. The molecule has 2 heterocycles. The summed E-state index contributed by atoms with van der Waals surface area (Å²) in [4.78, 5) is 16.0. The first-order valence-corrected chi connectivity index (χ1v) is 7.45. The fourth-order valence-electron chi connectivity index (χ4n) is 2.70. The number of ketones is 1. The summed E-state index contributed by atoms with van der Waals surface area (Å²) < 4.78 is 0. The Hall–Kier alpha value is -0.0600. The molecular formula is C12H22N2OS. The lowest BCUT2D eigenvalue weighted by Gasteiger charge is -2.39. The van der Waals surface area contributed by atoms with E-state index in [2.05, 4.69) is 21.6 Å². The first kappa shape index (κ1) is 12.4. The maximum Gasteiger partial charge on any atom is 0.143 e. The standard InChI is InChI=1S/C12H22N2OS/c1-11(15)10-13-4-2-12(3-5-13)14-6-8-16-9-7-14/h12H,2-10H2,1H3. The van der Waals surface area contributed by atoms with Crippen LogP contribution in [0.2, 0.25) is 0 Å². The van der Waals surface area contributed by atoms with Gasteiger partial charge in [0.2, 0.25) is 0 Å². The van der Waals surface area contributed by atoms with Gasteiger partial charge in [0.1, 0.15) is 5.78 Å². The summed E-state index contributed by atoms with van der Waals surface area (Å²) in [6, 6.07) is 0.782. The number of carbonyl (C=O) groups excluding carboxylic acids is 1. The summed E-state index contributed by atoms with van der Waals surface area (Å²) in [5.41, 5.74) is 0. The van der Waals surface area contributed by atoms with E-state index in [0.29, 0.717) is 12.3 Å². The maximum atomic E-state index is 11.0. The highest BCUT2D eigenvalue weighted by Gasteiger charge is 2.25. The Morgan fingerprint density at radius 2 is 1.81 bits per heavy atom. The Morgan fingerprint density at radius 1 is 1.19 bits per heavy atom. The van der Waals surface area contributed by atoms with Crippen LogP contribution in [0.5, 0.6) is 0 Å². The highest BCUT2D eigenvalue weighted by Crippen LogP contribution is 2.20. The Labute approximate surface area is 103 Å². The molecule has 0 aromatic carbocycles. The lowest BCUT2D eigenvalue weighted by molar-refractivity contribution is -0.118. The molecule has 0 aromatic heterocycles. The van der Waals surface area contributed by atoms with Crippen molar-refractivity contribution in [3.63, 3.8) is 0 Å². The van der Waals surface area contributed by atoms with Crippen LogP contribution in [0, 0.1) is 0 Å². The van der Waals surface area contributed by atoms with Gasteiger partial charge in [-0.2, -0.15) is 11.8 Å². The molecule has 2 rings (SSSR count). The molecule has 3 nitrogen and oxygen atoms in total. The van der Waals surface area contributed by atoms with Crippen LogP contribution < -0.4 is 0 Å². The van der Waals surface area contributed by atoms with E-state index in [4.69, 9.17) is 0 Å². The number of hydrogen-bond donors (Lipinski definition) is 0. The molecule has 2 aliphatic heterocycles. The number of hydrogen-bond acceptors (Lipinski definition) is 4. The predicted molar refractivity (Wildman–Crippen MR) is 69.0 cm³/mol. The molecule has 0 bridgehead atoms. The Bertz CT molecular complexity index is 233. The van der Waals surface area contributed by atoms with Gasteiger partial charge in [0.15, 0.2) is 0 Å². The van der Waals surface area contributed by atoms with Gasteiger partial charge in [0.25, 0.3) is 0 Å². The SMILES string of the molecule is CC(=O)CN1CCC(N2CCSCC2)CC1. The molecule has 4 heteroatoms. The van der Waals surface area contributed by atoms with Crippen LogP contribution in [-0.2, 0) is 4.79 Å². The van der Waals surface area contributed by atoms with Crippen molar-refractivity contribution in [2.24, 2.45) is 0 Å². The number of Topliss-reactive ketones (excluding diaryl/α,β-unsaturated/α-hetero) is 1. The van der Waals surface area contributed by atoms with E-state index >= 15 is 0 Å². The van der Waals surface area contributed by atoms with Crippen molar-refractivity contribution in [1.82, 2.24) is 9.80 Å². The largest absolute Gasteiger partial charge is 0.299 e. The van der Waals surface area contributed by atoms with Crippen LogP contribution in [0.15, 0.2) is 0 Å². The molecule has 2 saturated heterocycles. The first-order valence-electron chi connectivity index (χ1n) is 6.29. The average molecular weight is 242 g/mol. The third-order valence-corrected chi connectivity index (χ3v) is 4.51. The van der Waals surface area contributed by atoms with Crippen molar-refractivity contribution in [3.8, 4) is 0 Å². The second kappa shape index (κ2) is 6.03. The Kier molecular flexibility index (Phi) is 4.67. The van der Waals surface area contributed by atoms with Crippen LogP contribution in [-0.4, -0.2) is 65.9 Å². The lowest BCUT2D eigenvalue weighted by Crippen LogP contribution is -2.48. The van der Waals surface area contributed by atoms with E-state index in [1.54, 1.807) is 6.92 Å². The zero-order chi connectivity index (χ0) is 11.4. The van der Waals surface area contributed by atoms with E-state index in [0.717, 1.165) is 19.1 Å². The van der Waals surface area contributed by atoms with E-state index in [9.17, 15) is 4.79 Å². The molecule has 2 aliphatic rings. The number of piperidine rings is 1. The molecule has 92 valence electrons.